The molecule has 0 aliphatic carbocycles. The van der Waals surface area contributed by atoms with E-state index in [0.717, 1.165) is 5.39 Å². The number of benzene rings is 2. The summed E-state index contributed by atoms with van der Waals surface area (Å²) >= 11 is 0. The highest BCUT2D eigenvalue weighted by molar-refractivity contribution is 5.91. The quantitative estimate of drug-likeness (QED) is 0.776. The predicted octanol–water partition coefficient (Wildman–Crippen LogP) is 2.66. The van der Waals surface area contributed by atoms with Gasteiger partial charge in [-0.25, -0.2) is 0 Å². The lowest BCUT2D eigenvalue weighted by atomic mass is 10.1. The van der Waals surface area contributed by atoms with Crippen molar-refractivity contribution < 1.29 is 14.3 Å². The largest absolute Gasteiger partial charge is 0.497 e. The summed E-state index contributed by atoms with van der Waals surface area (Å²) in [6, 6.07) is 14.0. The number of anilines is 1. The van der Waals surface area contributed by atoms with Gasteiger partial charge in [0.05, 0.1) is 14.2 Å². The molecule has 1 heterocycles. The Balaban J connectivity index is 1.78. The third-order valence-electron chi connectivity index (χ3n) is 3.87. The van der Waals surface area contributed by atoms with E-state index in [0.29, 0.717) is 22.6 Å². The summed E-state index contributed by atoms with van der Waals surface area (Å²) in [6.45, 7) is -0.0627. The van der Waals surface area contributed by atoms with Crippen LogP contribution in [0.5, 0.6) is 11.5 Å². The molecule has 2 aromatic carbocycles. The molecule has 3 aromatic rings. The average molecular weight is 338 g/mol. The highest BCUT2D eigenvalue weighted by atomic mass is 16.5. The summed E-state index contributed by atoms with van der Waals surface area (Å²) in [5.74, 6) is 1.11. The van der Waals surface area contributed by atoms with E-state index in [9.17, 15) is 9.59 Å². The molecule has 0 saturated heterocycles. The Kier molecular flexibility index (Phi) is 4.70. The number of nitrogens with one attached hydrogen (secondary N) is 1. The number of aromatic nitrogens is 1. The van der Waals surface area contributed by atoms with Crippen LogP contribution in [-0.4, -0.2) is 24.7 Å². The number of carbonyl (C=O) groups excluding carboxylic acids is 1. The van der Waals surface area contributed by atoms with Gasteiger partial charge in [0.2, 0.25) is 5.91 Å². The fraction of sp³-hybridized carbons (Fsp3) is 0.158. The molecule has 0 radical (unpaired) electrons. The Morgan fingerprint density at radius 1 is 1.00 bits per heavy atom. The summed E-state index contributed by atoms with van der Waals surface area (Å²) in [6.07, 6.45) is 1.61. The number of amides is 1. The lowest BCUT2D eigenvalue weighted by Gasteiger charge is -2.09. The normalized spacial score (nSPS) is 10.5. The first-order valence-electron chi connectivity index (χ1n) is 7.72. The van der Waals surface area contributed by atoms with Crippen LogP contribution in [0.2, 0.25) is 0 Å². The van der Waals surface area contributed by atoms with Gasteiger partial charge in [0, 0.05) is 17.3 Å². The summed E-state index contributed by atoms with van der Waals surface area (Å²) < 4.78 is 11.6. The Morgan fingerprint density at radius 3 is 2.36 bits per heavy atom. The monoisotopic (exact) mass is 338 g/mol. The van der Waals surface area contributed by atoms with Gasteiger partial charge in [-0.2, -0.15) is 0 Å². The molecule has 25 heavy (non-hydrogen) atoms. The van der Waals surface area contributed by atoms with Crippen LogP contribution >= 0.6 is 0 Å². The van der Waals surface area contributed by atoms with E-state index in [1.54, 1.807) is 68.9 Å². The van der Waals surface area contributed by atoms with Crippen LogP contribution < -0.4 is 20.3 Å². The topological polar surface area (TPSA) is 69.6 Å². The van der Waals surface area contributed by atoms with Crippen molar-refractivity contribution in [3.63, 3.8) is 0 Å². The number of nitrogens with zero attached hydrogens (tertiary/aromatic N) is 1. The molecule has 128 valence electrons. The summed E-state index contributed by atoms with van der Waals surface area (Å²) in [5.41, 5.74) is 0.425. The number of ether oxygens (including phenoxy) is 2. The summed E-state index contributed by atoms with van der Waals surface area (Å²) in [4.78, 5) is 24.7. The maximum atomic E-state index is 12.5. The van der Waals surface area contributed by atoms with E-state index in [1.165, 1.54) is 4.57 Å². The zero-order valence-electron chi connectivity index (χ0n) is 14.0. The molecule has 6 nitrogen and oxygen atoms in total. The van der Waals surface area contributed by atoms with E-state index in [4.69, 9.17) is 9.47 Å². The molecular weight excluding hydrogens is 320 g/mol. The third-order valence-corrected chi connectivity index (χ3v) is 3.87. The maximum absolute atomic E-state index is 12.5. The average Bonchev–Trinajstić information content (AvgIpc) is 2.64. The molecule has 1 amide bonds. The molecule has 1 N–H and O–H groups in total. The SMILES string of the molecule is COc1ccc(NC(=O)Cn2ccc3cc(OC)ccc3c2=O)cc1. The molecular formula is C19H18N2O4. The Bertz CT molecular complexity index is 961. The van der Waals surface area contributed by atoms with Crippen molar-refractivity contribution in [3.05, 3.63) is 65.1 Å². The zero-order valence-corrected chi connectivity index (χ0v) is 14.0. The van der Waals surface area contributed by atoms with Crippen LogP contribution in [0.3, 0.4) is 0 Å². The first-order chi connectivity index (χ1) is 12.1. The van der Waals surface area contributed by atoms with Crippen molar-refractivity contribution in [3.8, 4) is 11.5 Å². The van der Waals surface area contributed by atoms with Crippen molar-refractivity contribution in [2.45, 2.75) is 6.54 Å². The van der Waals surface area contributed by atoms with E-state index in [2.05, 4.69) is 5.32 Å². The second-order valence-corrected chi connectivity index (χ2v) is 5.48. The molecule has 0 aliphatic heterocycles. The lowest BCUT2D eigenvalue weighted by molar-refractivity contribution is -0.116. The number of methoxy groups -OCH3 is 2. The van der Waals surface area contributed by atoms with Crippen molar-refractivity contribution >= 4 is 22.4 Å². The zero-order chi connectivity index (χ0) is 17.8. The minimum atomic E-state index is -0.278. The molecule has 0 spiro atoms. The van der Waals surface area contributed by atoms with Gasteiger partial charge in [-0.3, -0.25) is 9.59 Å². The van der Waals surface area contributed by atoms with Gasteiger partial charge in [-0.1, -0.05) is 0 Å². The summed E-state index contributed by atoms with van der Waals surface area (Å²) in [5, 5.41) is 4.08. The van der Waals surface area contributed by atoms with Gasteiger partial charge in [-0.15, -0.1) is 0 Å². The fourth-order valence-electron chi connectivity index (χ4n) is 2.55. The molecule has 3 rings (SSSR count). The number of rotatable bonds is 5. The molecule has 0 atom stereocenters. The van der Waals surface area contributed by atoms with Crippen LogP contribution in [0.25, 0.3) is 10.8 Å². The first-order valence-corrected chi connectivity index (χ1v) is 7.72. The Morgan fingerprint density at radius 2 is 1.68 bits per heavy atom. The minimum absolute atomic E-state index is 0.0627. The Labute approximate surface area is 144 Å². The number of fused-ring (bicyclic) bond motifs is 1. The first kappa shape index (κ1) is 16.6. The standard InChI is InChI=1S/C19H18N2O4/c1-24-15-5-3-14(4-6-15)20-18(22)12-21-10-9-13-11-16(25-2)7-8-17(13)19(21)23/h3-11H,12H2,1-2H3,(H,20,22). The maximum Gasteiger partial charge on any atom is 0.258 e. The van der Waals surface area contributed by atoms with Gasteiger partial charge in [-0.05, 0) is 53.9 Å². The van der Waals surface area contributed by atoms with Crippen LogP contribution in [0.15, 0.2) is 59.5 Å². The van der Waals surface area contributed by atoms with Crippen LogP contribution in [0.1, 0.15) is 0 Å². The lowest BCUT2D eigenvalue weighted by Crippen LogP contribution is -2.27. The molecule has 0 saturated carbocycles. The van der Waals surface area contributed by atoms with Crippen molar-refractivity contribution in [1.82, 2.24) is 4.57 Å². The second-order valence-electron chi connectivity index (χ2n) is 5.48. The van der Waals surface area contributed by atoms with Crippen molar-refractivity contribution in [2.75, 3.05) is 19.5 Å². The van der Waals surface area contributed by atoms with E-state index >= 15 is 0 Å². The number of hydrogen-bond donors (Lipinski definition) is 1. The molecule has 1 aromatic heterocycles. The van der Waals surface area contributed by atoms with E-state index < -0.39 is 0 Å². The predicted molar refractivity (Wildman–Crippen MR) is 96.4 cm³/mol. The van der Waals surface area contributed by atoms with Gasteiger partial charge in [0.25, 0.3) is 5.56 Å². The van der Waals surface area contributed by atoms with Crippen molar-refractivity contribution in [2.24, 2.45) is 0 Å². The fourth-order valence-corrected chi connectivity index (χ4v) is 2.55. The smallest absolute Gasteiger partial charge is 0.258 e. The molecule has 0 aliphatic rings. The number of carbonyl (C=O) groups is 1. The minimum Gasteiger partial charge on any atom is -0.497 e. The second kappa shape index (κ2) is 7.09. The molecule has 0 unspecified atom stereocenters. The summed E-state index contributed by atoms with van der Waals surface area (Å²) in [7, 11) is 3.15. The van der Waals surface area contributed by atoms with Crippen LogP contribution in [0, 0.1) is 0 Å². The molecule has 0 fully saturated rings. The Hall–Kier alpha value is -3.28. The highest BCUT2D eigenvalue weighted by Crippen LogP contribution is 2.18. The molecule has 0 bridgehead atoms. The van der Waals surface area contributed by atoms with Crippen LogP contribution in [-0.2, 0) is 11.3 Å². The van der Waals surface area contributed by atoms with Gasteiger partial charge >= 0.3 is 0 Å². The number of pyridine rings is 1. The van der Waals surface area contributed by atoms with E-state index in [1.807, 2.05) is 0 Å². The van der Waals surface area contributed by atoms with Gasteiger partial charge < -0.3 is 19.4 Å². The molecule has 6 heteroatoms. The van der Waals surface area contributed by atoms with Gasteiger partial charge in [0.15, 0.2) is 0 Å². The third kappa shape index (κ3) is 3.63. The van der Waals surface area contributed by atoms with Gasteiger partial charge in [0.1, 0.15) is 18.0 Å². The van der Waals surface area contributed by atoms with E-state index in [-0.39, 0.29) is 18.0 Å². The van der Waals surface area contributed by atoms with Crippen LogP contribution in [0.4, 0.5) is 5.69 Å². The number of hydrogen-bond acceptors (Lipinski definition) is 4. The van der Waals surface area contributed by atoms with Crippen molar-refractivity contribution in [1.29, 1.82) is 0 Å². The highest BCUT2D eigenvalue weighted by Gasteiger charge is 2.08.